The van der Waals surface area contributed by atoms with Crippen molar-refractivity contribution in [2.75, 3.05) is 0 Å². The maximum absolute atomic E-state index is 5.29. The van der Waals surface area contributed by atoms with E-state index in [0.717, 1.165) is 27.7 Å². The van der Waals surface area contributed by atoms with Crippen molar-refractivity contribution >= 4 is 75.0 Å². The Morgan fingerprint density at radius 2 is 1.37 bits per heavy atom. The van der Waals surface area contributed by atoms with E-state index in [-0.39, 0.29) is 0 Å². The summed E-state index contributed by atoms with van der Waals surface area (Å²) < 4.78 is 4.88. The maximum Gasteiger partial charge on any atom is 0.235 e. The molecule has 0 radical (unpaired) electrons. The molecule has 0 aliphatic rings. The Bertz CT molecular complexity index is 2340. The highest BCUT2D eigenvalue weighted by Crippen LogP contribution is 2.46. The van der Waals surface area contributed by atoms with Crippen molar-refractivity contribution in [2.24, 2.45) is 0 Å². The molecule has 0 aliphatic heterocycles. The third-order valence-corrected chi connectivity index (χ3v) is 8.94. The average molecular weight is 502 g/mol. The van der Waals surface area contributed by atoms with Crippen molar-refractivity contribution in [1.82, 2.24) is 14.5 Å². The average Bonchev–Trinajstić information content (AvgIpc) is 3.53. The first-order valence-electron chi connectivity index (χ1n) is 12.8. The van der Waals surface area contributed by atoms with Crippen LogP contribution in [0.4, 0.5) is 0 Å². The summed E-state index contributed by atoms with van der Waals surface area (Å²) in [5.74, 6) is 0.706. The zero-order valence-corrected chi connectivity index (χ0v) is 21.0. The third kappa shape index (κ3) is 2.62. The van der Waals surface area contributed by atoms with E-state index >= 15 is 0 Å². The normalized spacial score (nSPS) is 12.2. The highest BCUT2D eigenvalue weighted by molar-refractivity contribution is 7.26. The Kier molecular flexibility index (Phi) is 3.93. The number of benzene rings is 6. The number of fused-ring (bicyclic) bond motifs is 5. The summed E-state index contributed by atoms with van der Waals surface area (Å²) in [7, 11) is 0. The number of aromatic nitrogens is 3. The Balaban J connectivity index is 1.52. The van der Waals surface area contributed by atoms with E-state index in [1.165, 1.54) is 47.2 Å². The number of nitrogens with zero attached hydrogens (tertiary/aromatic N) is 3. The minimum Gasteiger partial charge on any atom is -0.276 e. The second-order valence-electron chi connectivity index (χ2n) is 9.83. The lowest BCUT2D eigenvalue weighted by molar-refractivity contribution is 1.02. The fourth-order valence-corrected chi connectivity index (χ4v) is 7.34. The van der Waals surface area contributed by atoms with E-state index in [9.17, 15) is 0 Å². The van der Waals surface area contributed by atoms with Gasteiger partial charge in [0.1, 0.15) is 0 Å². The summed E-state index contributed by atoms with van der Waals surface area (Å²) in [6.45, 7) is 0. The molecule has 4 heteroatoms. The molecule has 3 nitrogen and oxygen atoms in total. The standard InChI is InChI=1S/C34H19N3S/c1-2-9-21(10-3-1)31-24-13-4-6-14-26(24)35-34(36-31)37-27-15-8-11-20-17-18-22-19-25-23-12-5-7-16-28(23)38-33(25)32(37)30(22)29(20)27/h1-19H. The van der Waals surface area contributed by atoms with Crippen LogP contribution in [0, 0.1) is 0 Å². The molecule has 0 saturated heterocycles. The van der Waals surface area contributed by atoms with Crippen LogP contribution < -0.4 is 0 Å². The topological polar surface area (TPSA) is 30.7 Å². The molecular weight excluding hydrogens is 482 g/mol. The monoisotopic (exact) mass is 501 g/mol. The Morgan fingerprint density at radius 3 is 2.29 bits per heavy atom. The van der Waals surface area contributed by atoms with Crippen molar-refractivity contribution < 1.29 is 0 Å². The van der Waals surface area contributed by atoms with Crippen molar-refractivity contribution in [3.63, 3.8) is 0 Å². The molecule has 9 rings (SSSR count). The maximum atomic E-state index is 5.29. The molecule has 3 heterocycles. The summed E-state index contributed by atoms with van der Waals surface area (Å²) in [5, 5.41) is 8.70. The fraction of sp³-hybridized carbons (Fsp3) is 0. The van der Waals surface area contributed by atoms with Gasteiger partial charge < -0.3 is 0 Å². The van der Waals surface area contributed by atoms with Gasteiger partial charge in [0.05, 0.1) is 26.9 Å². The van der Waals surface area contributed by atoms with Gasteiger partial charge in [0.25, 0.3) is 0 Å². The molecular formula is C34H19N3S. The van der Waals surface area contributed by atoms with Gasteiger partial charge in [-0.15, -0.1) is 11.3 Å². The smallest absolute Gasteiger partial charge is 0.235 e. The van der Waals surface area contributed by atoms with Gasteiger partial charge in [0.15, 0.2) is 0 Å². The first kappa shape index (κ1) is 20.3. The van der Waals surface area contributed by atoms with Crippen molar-refractivity contribution in [1.29, 1.82) is 0 Å². The second-order valence-corrected chi connectivity index (χ2v) is 10.9. The Labute approximate surface area is 221 Å². The predicted molar refractivity (Wildman–Crippen MR) is 161 cm³/mol. The van der Waals surface area contributed by atoms with E-state index in [4.69, 9.17) is 9.97 Å². The Hall–Kier alpha value is -4.80. The van der Waals surface area contributed by atoms with E-state index in [1.54, 1.807) is 0 Å². The molecule has 0 spiro atoms. The van der Waals surface area contributed by atoms with E-state index in [2.05, 4.69) is 114 Å². The molecule has 0 N–H and O–H groups in total. The van der Waals surface area contributed by atoms with Crippen molar-refractivity contribution in [2.45, 2.75) is 0 Å². The molecule has 0 bridgehead atoms. The molecule has 3 aromatic heterocycles. The SMILES string of the molecule is c1ccc(-c2nc(-n3c4cccc5ccc6cc7c8ccccc8sc7c3c6c54)nc3ccccc23)cc1. The van der Waals surface area contributed by atoms with Gasteiger partial charge in [-0.1, -0.05) is 91.0 Å². The lowest BCUT2D eigenvalue weighted by Crippen LogP contribution is -2.03. The summed E-state index contributed by atoms with van der Waals surface area (Å²) in [6.07, 6.45) is 0. The molecule has 0 amide bonds. The Morgan fingerprint density at radius 1 is 0.579 bits per heavy atom. The molecule has 0 unspecified atom stereocenters. The molecule has 6 aromatic carbocycles. The third-order valence-electron chi connectivity index (χ3n) is 7.74. The van der Waals surface area contributed by atoms with Crippen LogP contribution in [-0.4, -0.2) is 14.5 Å². The molecule has 176 valence electrons. The van der Waals surface area contributed by atoms with Gasteiger partial charge in [-0.3, -0.25) is 4.57 Å². The molecule has 0 atom stereocenters. The van der Waals surface area contributed by atoms with Crippen LogP contribution in [-0.2, 0) is 0 Å². The van der Waals surface area contributed by atoms with Crippen LogP contribution in [0.25, 0.3) is 80.9 Å². The summed E-state index contributed by atoms with van der Waals surface area (Å²) in [5.41, 5.74) is 5.32. The van der Waals surface area contributed by atoms with Crippen molar-refractivity contribution in [3.8, 4) is 17.2 Å². The van der Waals surface area contributed by atoms with Crippen LogP contribution in [0.2, 0.25) is 0 Å². The summed E-state index contributed by atoms with van der Waals surface area (Å²) >= 11 is 1.86. The minimum atomic E-state index is 0.706. The molecule has 9 aromatic rings. The van der Waals surface area contributed by atoms with E-state index in [0.29, 0.717) is 5.95 Å². The number of hydrogen-bond acceptors (Lipinski definition) is 3. The van der Waals surface area contributed by atoms with Crippen LogP contribution >= 0.6 is 11.3 Å². The van der Waals surface area contributed by atoms with Gasteiger partial charge in [-0.05, 0) is 35.0 Å². The number of hydrogen-bond donors (Lipinski definition) is 0. The predicted octanol–water partition coefficient (Wildman–Crippen LogP) is 9.35. The van der Waals surface area contributed by atoms with Gasteiger partial charge >= 0.3 is 0 Å². The lowest BCUT2D eigenvalue weighted by atomic mass is 10.00. The number of para-hydroxylation sites is 1. The summed E-state index contributed by atoms with van der Waals surface area (Å²) in [4.78, 5) is 10.5. The number of rotatable bonds is 2. The highest BCUT2D eigenvalue weighted by atomic mass is 32.1. The number of thiophene rings is 1. The summed E-state index contributed by atoms with van der Waals surface area (Å²) in [6, 6.07) is 40.9. The van der Waals surface area contributed by atoms with Gasteiger partial charge in [0.2, 0.25) is 5.95 Å². The van der Waals surface area contributed by atoms with Crippen LogP contribution in [0.1, 0.15) is 0 Å². The zero-order valence-electron chi connectivity index (χ0n) is 20.2. The van der Waals surface area contributed by atoms with Crippen LogP contribution in [0.15, 0.2) is 115 Å². The minimum absolute atomic E-state index is 0.706. The first-order chi connectivity index (χ1) is 18.8. The first-order valence-corrected chi connectivity index (χ1v) is 13.6. The molecule has 38 heavy (non-hydrogen) atoms. The van der Waals surface area contributed by atoms with Crippen molar-refractivity contribution in [3.05, 3.63) is 115 Å². The van der Waals surface area contributed by atoms with E-state index in [1.807, 2.05) is 17.4 Å². The van der Waals surface area contributed by atoms with Gasteiger partial charge in [-0.25, -0.2) is 9.97 Å². The molecule has 0 fully saturated rings. The zero-order chi connectivity index (χ0) is 24.8. The highest BCUT2D eigenvalue weighted by Gasteiger charge is 2.23. The van der Waals surface area contributed by atoms with Gasteiger partial charge in [-0.2, -0.15) is 0 Å². The quantitative estimate of drug-likeness (QED) is 0.221. The van der Waals surface area contributed by atoms with Gasteiger partial charge in [0, 0.05) is 37.2 Å². The molecule has 0 aliphatic carbocycles. The van der Waals surface area contributed by atoms with E-state index < -0.39 is 0 Å². The lowest BCUT2D eigenvalue weighted by Gasteiger charge is -2.12. The van der Waals surface area contributed by atoms with Crippen LogP contribution in [0.3, 0.4) is 0 Å². The molecule has 0 saturated carbocycles. The van der Waals surface area contributed by atoms with Crippen LogP contribution in [0.5, 0.6) is 0 Å². The fourth-order valence-electron chi connectivity index (χ4n) is 6.11. The largest absolute Gasteiger partial charge is 0.276 e. The second kappa shape index (κ2) is 7.37.